The molecule has 0 bridgehead atoms. The van der Waals surface area contributed by atoms with E-state index in [4.69, 9.17) is 23.2 Å². The predicted molar refractivity (Wildman–Crippen MR) is 129 cm³/mol. The van der Waals surface area contributed by atoms with Crippen molar-refractivity contribution in [3.05, 3.63) is 40.5 Å². The second kappa shape index (κ2) is 7.55. The van der Waals surface area contributed by atoms with E-state index < -0.39 is 45.2 Å². The van der Waals surface area contributed by atoms with Gasteiger partial charge in [-0.1, -0.05) is 39.7 Å². The number of rotatable bonds is 2. The number of aryl methyl sites for hydroxylation is 2. The van der Waals surface area contributed by atoms with Crippen molar-refractivity contribution in [1.29, 1.82) is 0 Å². The summed E-state index contributed by atoms with van der Waals surface area (Å²) >= 11 is 17.5. The molecule has 5 rings (SSSR count). The molecular weight excluding hydrogens is 547 g/mol. The maximum Gasteiger partial charge on any atom is 0.254 e. The molecule has 34 heavy (non-hydrogen) atoms. The van der Waals surface area contributed by atoms with Crippen LogP contribution in [0.25, 0.3) is 0 Å². The van der Waals surface area contributed by atoms with Crippen molar-refractivity contribution in [2.75, 3.05) is 12.5 Å². The van der Waals surface area contributed by atoms with Gasteiger partial charge in [0.2, 0.25) is 11.8 Å². The summed E-state index contributed by atoms with van der Waals surface area (Å²) in [5, 5.41) is 10.4. The minimum atomic E-state index is -1.83. The Hall–Kier alpha value is -1.90. The van der Waals surface area contributed by atoms with E-state index in [1.807, 2.05) is 6.08 Å². The average Bonchev–Trinajstić information content (AvgIpc) is 3.10. The van der Waals surface area contributed by atoms with E-state index in [9.17, 15) is 24.3 Å². The molecule has 10 heteroatoms. The van der Waals surface area contributed by atoms with Gasteiger partial charge in [-0.3, -0.25) is 29.0 Å². The molecule has 6 atom stereocenters. The van der Waals surface area contributed by atoms with Crippen LogP contribution < -0.4 is 0 Å². The Morgan fingerprint density at radius 1 is 1.06 bits per heavy atom. The van der Waals surface area contributed by atoms with E-state index in [-0.39, 0.29) is 29.4 Å². The number of likely N-dealkylation sites (tertiary alicyclic amines) is 2. The molecule has 2 saturated heterocycles. The van der Waals surface area contributed by atoms with E-state index in [1.54, 1.807) is 26.0 Å². The van der Waals surface area contributed by atoms with Crippen molar-refractivity contribution >= 4 is 62.8 Å². The van der Waals surface area contributed by atoms with Gasteiger partial charge in [0, 0.05) is 13.0 Å². The van der Waals surface area contributed by atoms with E-state index >= 15 is 0 Å². The largest absolute Gasteiger partial charge is 0.507 e. The summed E-state index contributed by atoms with van der Waals surface area (Å²) in [4.78, 5) is 51.5. The maximum atomic E-state index is 13.7. The zero-order valence-corrected chi connectivity index (χ0v) is 21.9. The number of benzene rings is 1. The fraction of sp³-hybridized carbons (Fsp3) is 0.500. The van der Waals surface area contributed by atoms with Gasteiger partial charge in [-0.15, -0.1) is 23.2 Å². The van der Waals surface area contributed by atoms with Gasteiger partial charge >= 0.3 is 0 Å². The van der Waals surface area contributed by atoms with Crippen LogP contribution in [0.1, 0.15) is 35.4 Å². The van der Waals surface area contributed by atoms with Crippen LogP contribution in [0.5, 0.6) is 5.75 Å². The number of alkyl halides is 3. The number of halogens is 3. The number of carbonyl (C=O) groups excluding carboxylic acids is 4. The van der Waals surface area contributed by atoms with Crippen LogP contribution in [0, 0.1) is 31.6 Å². The standard InChI is InChI=1S/C24H23BrCl2N2O5/c1-10-6-12(7-11(2)18(10)30)17-13-4-5-14-16(20(32)28(3)19(14)31)15(13)8-23(26)21(33)29(9-25)22(34)24(17,23)27/h4,6-7,14-17,30H,5,8-9H2,1-3H3/t14-,15+,16-,17-,23+,24-/m0/s1. The van der Waals surface area contributed by atoms with E-state index in [0.717, 1.165) is 15.4 Å². The van der Waals surface area contributed by atoms with Crippen molar-refractivity contribution in [2.45, 2.75) is 42.4 Å². The zero-order chi connectivity index (χ0) is 24.9. The van der Waals surface area contributed by atoms with Crippen molar-refractivity contribution in [3.8, 4) is 5.75 Å². The third kappa shape index (κ3) is 2.70. The van der Waals surface area contributed by atoms with Crippen molar-refractivity contribution in [2.24, 2.45) is 17.8 Å². The number of amides is 4. The molecular formula is C24H23BrCl2N2O5. The summed E-state index contributed by atoms with van der Waals surface area (Å²) in [7, 11) is 1.47. The molecule has 180 valence electrons. The molecule has 7 nitrogen and oxygen atoms in total. The normalized spacial score (nSPS) is 37.1. The highest BCUT2D eigenvalue weighted by Gasteiger charge is 2.76. The summed E-state index contributed by atoms with van der Waals surface area (Å²) in [6.45, 7) is 3.49. The third-order valence-electron chi connectivity index (χ3n) is 8.08. The van der Waals surface area contributed by atoms with Crippen LogP contribution >= 0.6 is 39.1 Å². The number of allylic oxidation sites excluding steroid dienone is 2. The highest BCUT2D eigenvalue weighted by atomic mass is 79.9. The van der Waals surface area contributed by atoms with Crippen molar-refractivity contribution < 1.29 is 24.3 Å². The van der Waals surface area contributed by atoms with Gasteiger partial charge in [-0.05, 0) is 49.3 Å². The number of aromatic hydroxyl groups is 1. The first-order valence-electron chi connectivity index (χ1n) is 11.0. The number of hydrogen-bond donors (Lipinski definition) is 1. The number of imide groups is 2. The minimum absolute atomic E-state index is 0.0292. The average molecular weight is 570 g/mol. The van der Waals surface area contributed by atoms with Crippen molar-refractivity contribution in [1.82, 2.24) is 9.80 Å². The lowest BCUT2D eigenvalue weighted by molar-refractivity contribution is -0.140. The zero-order valence-electron chi connectivity index (χ0n) is 18.8. The number of nitrogens with zero attached hydrogens (tertiary/aromatic N) is 2. The van der Waals surface area contributed by atoms with E-state index in [0.29, 0.717) is 23.1 Å². The Balaban J connectivity index is 1.78. The van der Waals surface area contributed by atoms with Gasteiger partial charge in [0.1, 0.15) is 5.75 Å². The number of fused-ring (bicyclic) bond motifs is 4. The highest BCUT2D eigenvalue weighted by Crippen LogP contribution is 2.65. The Morgan fingerprint density at radius 2 is 1.68 bits per heavy atom. The number of hydrogen-bond acceptors (Lipinski definition) is 5. The first-order chi connectivity index (χ1) is 15.9. The van der Waals surface area contributed by atoms with Crippen LogP contribution in [-0.4, -0.2) is 60.8 Å². The lowest BCUT2D eigenvalue weighted by Gasteiger charge is -2.51. The summed E-state index contributed by atoms with van der Waals surface area (Å²) in [6.07, 6.45) is 2.20. The minimum Gasteiger partial charge on any atom is -0.507 e. The lowest BCUT2D eigenvalue weighted by Crippen LogP contribution is -2.60. The molecule has 0 spiro atoms. The smallest absolute Gasteiger partial charge is 0.254 e. The molecule has 1 aromatic carbocycles. The topological polar surface area (TPSA) is 95.0 Å². The number of phenolic OH excluding ortho intramolecular Hbond substituents is 1. The molecule has 1 aromatic rings. The first-order valence-corrected chi connectivity index (χ1v) is 12.9. The molecule has 2 heterocycles. The molecule has 3 fully saturated rings. The van der Waals surface area contributed by atoms with Crippen LogP contribution in [0.15, 0.2) is 23.8 Å². The van der Waals surface area contributed by atoms with E-state index in [1.165, 1.54) is 7.05 Å². The predicted octanol–water partition coefficient (Wildman–Crippen LogP) is 3.35. The van der Waals surface area contributed by atoms with Gasteiger partial charge in [0.25, 0.3) is 11.8 Å². The molecule has 4 aliphatic rings. The van der Waals surface area contributed by atoms with Crippen LogP contribution in [0.4, 0.5) is 0 Å². The van der Waals surface area contributed by atoms with Crippen LogP contribution in [0.3, 0.4) is 0 Å². The number of carbonyl (C=O) groups is 4. The molecule has 0 aromatic heterocycles. The maximum absolute atomic E-state index is 13.7. The molecule has 2 aliphatic carbocycles. The Bertz CT molecular complexity index is 1190. The second-order valence-corrected chi connectivity index (χ2v) is 11.5. The Labute approximate surface area is 215 Å². The Morgan fingerprint density at radius 3 is 2.26 bits per heavy atom. The number of phenols is 1. The molecule has 0 radical (unpaired) electrons. The van der Waals surface area contributed by atoms with Gasteiger partial charge in [0.05, 0.1) is 17.3 Å². The SMILES string of the molecule is Cc1cc([C@H]2C3=CC[C@@H]4C(=O)N(C)C(=O)[C@@H]4[C@@H]3C[C@@]3(Cl)C(=O)N(CBr)C(=O)[C@@]23Cl)cc(C)c1O. The van der Waals surface area contributed by atoms with Gasteiger partial charge < -0.3 is 5.11 Å². The second-order valence-electron chi connectivity index (χ2n) is 9.73. The molecule has 1 N–H and O–H groups in total. The van der Waals surface area contributed by atoms with Crippen molar-refractivity contribution in [3.63, 3.8) is 0 Å². The Kier molecular flexibility index (Phi) is 5.29. The van der Waals surface area contributed by atoms with Gasteiger partial charge in [-0.25, -0.2) is 0 Å². The third-order valence-corrected chi connectivity index (χ3v) is 10.00. The van der Waals surface area contributed by atoms with Gasteiger partial charge in [-0.2, -0.15) is 0 Å². The van der Waals surface area contributed by atoms with Crippen LogP contribution in [0.2, 0.25) is 0 Å². The van der Waals surface area contributed by atoms with E-state index in [2.05, 4.69) is 15.9 Å². The fourth-order valence-electron chi connectivity index (χ4n) is 6.44. The molecule has 4 amide bonds. The monoisotopic (exact) mass is 568 g/mol. The van der Waals surface area contributed by atoms with Crippen LogP contribution in [-0.2, 0) is 19.2 Å². The summed E-state index contributed by atoms with van der Waals surface area (Å²) in [5.74, 6) is -4.20. The quantitative estimate of drug-likeness (QED) is 0.255. The highest BCUT2D eigenvalue weighted by molar-refractivity contribution is 9.09. The summed E-state index contributed by atoms with van der Waals surface area (Å²) in [5.41, 5.74) is 2.49. The van der Waals surface area contributed by atoms with Gasteiger partial charge in [0.15, 0.2) is 9.75 Å². The fourth-order valence-corrected chi connectivity index (χ4v) is 7.87. The molecule has 1 saturated carbocycles. The molecule has 2 aliphatic heterocycles. The lowest BCUT2D eigenvalue weighted by atomic mass is 9.56. The summed E-state index contributed by atoms with van der Waals surface area (Å²) < 4.78 is 0. The first kappa shape index (κ1) is 23.8. The summed E-state index contributed by atoms with van der Waals surface area (Å²) in [6, 6.07) is 3.48. The molecule has 0 unspecified atom stereocenters.